The van der Waals surface area contributed by atoms with E-state index in [9.17, 15) is 4.79 Å². The van der Waals surface area contributed by atoms with E-state index in [-0.39, 0.29) is 18.7 Å². The predicted molar refractivity (Wildman–Crippen MR) is 113 cm³/mol. The number of benzene rings is 2. The molecule has 1 fully saturated rings. The smallest absolute Gasteiger partial charge is 0.237 e. The van der Waals surface area contributed by atoms with Gasteiger partial charge < -0.3 is 19.3 Å². The van der Waals surface area contributed by atoms with Crippen molar-refractivity contribution in [3.63, 3.8) is 0 Å². The van der Waals surface area contributed by atoms with Crippen LogP contribution in [0.1, 0.15) is 42.7 Å². The number of carbonyl (C=O) groups excluding carboxylic acids is 1. The van der Waals surface area contributed by atoms with Crippen molar-refractivity contribution < 1.29 is 14.3 Å². The second-order valence-electron chi connectivity index (χ2n) is 8.36. The summed E-state index contributed by atoms with van der Waals surface area (Å²) in [5, 5.41) is 0. The van der Waals surface area contributed by atoms with Crippen molar-refractivity contribution in [1.82, 2.24) is 9.80 Å². The number of nitrogens with zero attached hydrogens (tertiary/aromatic N) is 2. The lowest BCUT2D eigenvalue weighted by molar-refractivity contribution is -0.135. The van der Waals surface area contributed by atoms with Crippen LogP contribution in [0.2, 0.25) is 0 Å². The summed E-state index contributed by atoms with van der Waals surface area (Å²) in [4.78, 5) is 17.1. The van der Waals surface area contributed by atoms with Crippen LogP contribution < -0.4 is 9.47 Å². The Labute approximate surface area is 173 Å². The van der Waals surface area contributed by atoms with Gasteiger partial charge >= 0.3 is 0 Å². The lowest BCUT2D eigenvalue weighted by Crippen LogP contribution is -2.45. The maximum absolute atomic E-state index is 13.1. The van der Waals surface area contributed by atoms with Crippen molar-refractivity contribution in [2.45, 2.75) is 44.2 Å². The molecule has 2 aromatic rings. The molecule has 1 amide bonds. The first kappa shape index (κ1) is 19.8. The Hall–Kier alpha value is -2.53. The summed E-state index contributed by atoms with van der Waals surface area (Å²) in [6, 6.07) is 17.0. The van der Waals surface area contributed by atoms with Crippen LogP contribution in [0.5, 0.6) is 11.5 Å². The molecule has 0 bridgehead atoms. The highest BCUT2D eigenvalue weighted by Gasteiger charge is 2.30. The van der Waals surface area contributed by atoms with E-state index < -0.39 is 0 Å². The fourth-order valence-electron chi connectivity index (χ4n) is 4.46. The first-order chi connectivity index (χ1) is 14.1. The molecule has 0 spiro atoms. The Morgan fingerprint density at radius 3 is 2.41 bits per heavy atom. The van der Waals surface area contributed by atoms with E-state index in [0.29, 0.717) is 19.0 Å². The third-order valence-electron chi connectivity index (χ3n) is 5.97. The van der Waals surface area contributed by atoms with E-state index in [1.54, 1.807) is 0 Å². The number of carbonyl (C=O) groups is 1. The lowest BCUT2D eigenvalue weighted by atomic mass is 9.81. The number of amides is 1. The quantitative estimate of drug-likeness (QED) is 0.742. The van der Waals surface area contributed by atoms with Crippen LogP contribution in [-0.2, 0) is 11.3 Å². The molecule has 154 valence electrons. The zero-order valence-corrected chi connectivity index (χ0v) is 17.3. The van der Waals surface area contributed by atoms with Gasteiger partial charge in [-0.1, -0.05) is 36.4 Å². The van der Waals surface area contributed by atoms with Gasteiger partial charge in [0.1, 0.15) is 0 Å². The first-order valence-electron chi connectivity index (χ1n) is 10.5. The number of hydrogen-bond donors (Lipinski definition) is 0. The van der Waals surface area contributed by atoms with Crippen molar-refractivity contribution in [2.75, 3.05) is 27.4 Å². The van der Waals surface area contributed by atoms with Gasteiger partial charge in [0.05, 0.1) is 6.54 Å². The van der Waals surface area contributed by atoms with E-state index in [0.717, 1.165) is 42.7 Å². The van der Waals surface area contributed by atoms with Crippen LogP contribution in [0.3, 0.4) is 0 Å². The van der Waals surface area contributed by atoms with Crippen LogP contribution in [0.25, 0.3) is 0 Å². The third-order valence-corrected chi connectivity index (χ3v) is 5.97. The van der Waals surface area contributed by atoms with Gasteiger partial charge in [0.15, 0.2) is 11.5 Å². The van der Waals surface area contributed by atoms with Crippen LogP contribution >= 0.6 is 0 Å². The Bertz CT molecular complexity index is 829. The second-order valence-corrected chi connectivity index (χ2v) is 8.36. The van der Waals surface area contributed by atoms with Gasteiger partial charge in [0.25, 0.3) is 0 Å². The van der Waals surface area contributed by atoms with Crippen LogP contribution in [0, 0.1) is 0 Å². The summed E-state index contributed by atoms with van der Waals surface area (Å²) in [6.45, 7) is 1.32. The molecule has 5 heteroatoms. The highest BCUT2D eigenvalue weighted by atomic mass is 16.7. The average Bonchev–Trinajstić information content (AvgIpc) is 3.20. The molecule has 0 aromatic heterocycles. The van der Waals surface area contributed by atoms with Crippen LogP contribution in [0.4, 0.5) is 0 Å². The summed E-state index contributed by atoms with van der Waals surface area (Å²) in [6.07, 6.45) is 4.34. The molecule has 0 saturated heterocycles. The van der Waals surface area contributed by atoms with Crippen molar-refractivity contribution >= 4 is 5.91 Å². The molecule has 29 heavy (non-hydrogen) atoms. The SMILES string of the molecule is CN(C)CC(=O)N(Cc1ccc2c(c1)OCO2)C1CCC(c2ccccc2)CC1. The zero-order valence-electron chi connectivity index (χ0n) is 17.3. The van der Waals surface area contributed by atoms with Crippen molar-refractivity contribution in [3.05, 3.63) is 59.7 Å². The number of rotatable bonds is 6. The topological polar surface area (TPSA) is 42.0 Å². The molecule has 1 saturated carbocycles. The van der Waals surface area contributed by atoms with E-state index in [1.807, 2.05) is 37.2 Å². The number of ether oxygens (including phenoxy) is 2. The summed E-state index contributed by atoms with van der Waals surface area (Å²) >= 11 is 0. The molecule has 2 aromatic carbocycles. The van der Waals surface area contributed by atoms with Crippen LogP contribution in [-0.4, -0.2) is 49.2 Å². The minimum absolute atomic E-state index is 0.191. The molecule has 5 nitrogen and oxygen atoms in total. The van der Waals surface area contributed by atoms with E-state index in [1.165, 1.54) is 5.56 Å². The van der Waals surface area contributed by atoms with Gasteiger partial charge in [0, 0.05) is 12.6 Å². The normalized spacial score (nSPS) is 20.7. The molecule has 0 radical (unpaired) electrons. The highest BCUT2D eigenvalue weighted by molar-refractivity contribution is 5.78. The molecule has 4 rings (SSSR count). The third kappa shape index (κ3) is 4.73. The van der Waals surface area contributed by atoms with Crippen molar-refractivity contribution in [3.8, 4) is 11.5 Å². The molecule has 0 unspecified atom stereocenters. The Morgan fingerprint density at radius 1 is 0.966 bits per heavy atom. The van der Waals surface area contributed by atoms with Gasteiger partial charge in [-0.15, -0.1) is 0 Å². The summed E-state index contributed by atoms with van der Waals surface area (Å²) in [5.74, 6) is 2.35. The maximum atomic E-state index is 13.1. The molecular weight excluding hydrogens is 364 g/mol. The zero-order chi connectivity index (χ0) is 20.2. The van der Waals surface area contributed by atoms with Gasteiger partial charge in [-0.05, 0) is 69.0 Å². The Balaban J connectivity index is 1.46. The minimum atomic E-state index is 0.191. The molecular formula is C24H30N2O3. The van der Waals surface area contributed by atoms with Gasteiger partial charge in [-0.2, -0.15) is 0 Å². The van der Waals surface area contributed by atoms with E-state index >= 15 is 0 Å². The molecule has 1 heterocycles. The molecule has 0 N–H and O–H groups in total. The molecule has 0 atom stereocenters. The highest BCUT2D eigenvalue weighted by Crippen LogP contribution is 2.36. The van der Waals surface area contributed by atoms with Crippen LogP contribution in [0.15, 0.2) is 48.5 Å². The molecule has 2 aliphatic rings. The van der Waals surface area contributed by atoms with E-state index in [4.69, 9.17) is 9.47 Å². The Kier molecular flexibility index (Phi) is 6.05. The number of hydrogen-bond acceptors (Lipinski definition) is 4. The first-order valence-corrected chi connectivity index (χ1v) is 10.5. The fourth-order valence-corrected chi connectivity index (χ4v) is 4.46. The number of fused-ring (bicyclic) bond motifs is 1. The fraction of sp³-hybridized carbons (Fsp3) is 0.458. The standard InChI is InChI=1S/C24H30N2O3/c1-25(2)16-24(27)26(15-18-8-13-22-23(14-18)29-17-28-22)21-11-9-20(10-12-21)19-6-4-3-5-7-19/h3-8,13-14,20-21H,9-12,15-17H2,1-2H3. The predicted octanol–water partition coefficient (Wildman–Crippen LogP) is 4.03. The van der Waals surface area contributed by atoms with Gasteiger partial charge in [-0.3, -0.25) is 4.79 Å². The molecule has 1 aliphatic carbocycles. The Morgan fingerprint density at radius 2 is 1.69 bits per heavy atom. The van der Waals surface area contributed by atoms with Gasteiger partial charge in [-0.25, -0.2) is 0 Å². The van der Waals surface area contributed by atoms with Crippen molar-refractivity contribution in [1.29, 1.82) is 0 Å². The van der Waals surface area contributed by atoms with Gasteiger partial charge in [0.2, 0.25) is 12.7 Å². The summed E-state index contributed by atoms with van der Waals surface area (Å²) < 4.78 is 10.9. The lowest BCUT2D eigenvalue weighted by Gasteiger charge is -2.38. The monoisotopic (exact) mass is 394 g/mol. The summed E-state index contributed by atoms with van der Waals surface area (Å²) in [7, 11) is 3.89. The minimum Gasteiger partial charge on any atom is -0.454 e. The summed E-state index contributed by atoms with van der Waals surface area (Å²) in [5.41, 5.74) is 2.51. The largest absolute Gasteiger partial charge is 0.454 e. The average molecular weight is 395 g/mol. The van der Waals surface area contributed by atoms with E-state index in [2.05, 4.69) is 35.2 Å². The molecule has 1 aliphatic heterocycles. The number of likely N-dealkylation sites (N-methyl/N-ethyl adjacent to an activating group) is 1. The second kappa shape index (κ2) is 8.87. The maximum Gasteiger partial charge on any atom is 0.237 e. The van der Waals surface area contributed by atoms with Crippen molar-refractivity contribution in [2.24, 2.45) is 0 Å².